The number of halogens is 2. The fourth-order valence-electron chi connectivity index (χ4n) is 4.09. The Balaban J connectivity index is 1.88. The van der Waals surface area contributed by atoms with E-state index in [0.29, 0.717) is 39.8 Å². The van der Waals surface area contributed by atoms with Gasteiger partial charge in [0.25, 0.3) is 0 Å². The van der Waals surface area contributed by atoms with E-state index in [1.165, 1.54) is 5.56 Å². The highest BCUT2D eigenvalue weighted by molar-refractivity contribution is 7.71. The second kappa shape index (κ2) is 9.43. The lowest BCUT2D eigenvalue weighted by Gasteiger charge is -2.29. The number of likely N-dealkylation sites (tertiary alicyclic amines) is 1. The largest absolute Gasteiger partial charge is 0.392 e. The van der Waals surface area contributed by atoms with Gasteiger partial charge in [0.1, 0.15) is 0 Å². The van der Waals surface area contributed by atoms with E-state index >= 15 is 0 Å². The summed E-state index contributed by atoms with van der Waals surface area (Å²) >= 11 is 18.6. The Morgan fingerprint density at radius 2 is 1.97 bits per heavy atom. The summed E-state index contributed by atoms with van der Waals surface area (Å²) < 4.78 is 4.42. The molecule has 1 aliphatic heterocycles. The van der Waals surface area contributed by atoms with Crippen LogP contribution in [0.25, 0.3) is 17.1 Å². The van der Waals surface area contributed by atoms with Crippen LogP contribution in [-0.4, -0.2) is 43.5 Å². The molecule has 1 aromatic heterocycles. The molecular formula is C23H26Cl2N4OS. The van der Waals surface area contributed by atoms with E-state index < -0.39 is 0 Å². The predicted octanol–water partition coefficient (Wildman–Crippen LogP) is 5.91. The third kappa shape index (κ3) is 4.73. The van der Waals surface area contributed by atoms with Gasteiger partial charge in [-0.05, 0) is 60.8 Å². The lowest BCUT2D eigenvalue weighted by Crippen LogP contribution is -2.39. The number of aliphatic hydroxyl groups is 1. The Morgan fingerprint density at radius 3 is 2.68 bits per heavy atom. The lowest BCUT2D eigenvalue weighted by molar-refractivity contribution is 0.0513. The lowest BCUT2D eigenvalue weighted by atomic mass is 10.0. The van der Waals surface area contributed by atoms with Crippen molar-refractivity contribution in [2.24, 2.45) is 0 Å². The van der Waals surface area contributed by atoms with Crippen molar-refractivity contribution in [3.8, 4) is 17.1 Å². The van der Waals surface area contributed by atoms with Gasteiger partial charge in [0.15, 0.2) is 5.82 Å². The molecule has 1 aliphatic rings. The molecule has 164 valence electrons. The maximum Gasteiger partial charge on any atom is 0.204 e. The number of nitrogens with zero attached hydrogens (tertiary/aromatic N) is 4. The van der Waals surface area contributed by atoms with Gasteiger partial charge in [-0.2, -0.15) is 0 Å². The van der Waals surface area contributed by atoms with Crippen LogP contribution in [0, 0.1) is 4.77 Å². The first-order valence-corrected chi connectivity index (χ1v) is 11.7. The van der Waals surface area contributed by atoms with Crippen molar-refractivity contribution in [3.63, 3.8) is 0 Å². The van der Waals surface area contributed by atoms with Crippen molar-refractivity contribution in [3.05, 3.63) is 62.8 Å². The molecule has 31 heavy (non-hydrogen) atoms. The van der Waals surface area contributed by atoms with Gasteiger partial charge >= 0.3 is 0 Å². The normalized spacial score (nSPS) is 17.4. The third-order valence-corrected chi connectivity index (χ3v) is 6.57. The number of para-hydroxylation sites is 1. The molecule has 0 amide bonds. The minimum Gasteiger partial charge on any atom is -0.392 e. The Morgan fingerprint density at radius 1 is 1.19 bits per heavy atom. The molecule has 5 nitrogen and oxygen atoms in total. The van der Waals surface area contributed by atoms with Gasteiger partial charge in [0.05, 0.1) is 23.5 Å². The highest BCUT2D eigenvalue weighted by atomic mass is 35.5. The number of hydrogen-bond acceptors (Lipinski definition) is 4. The van der Waals surface area contributed by atoms with Gasteiger partial charge in [-0.3, -0.25) is 9.47 Å². The minimum absolute atomic E-state index is 0.308. The topological polar surface area (TPSA) is 46.2 Å². The molecule has 0 spiro atoms. The van der Waals surface area contributed by atoms with Gasteiger partial charge in [-0.1, -0.05) is 55.2 Å². The molecule has 0 bridgehead atoms. The van der Waals surface area contributed by atoms with Crippen LogP contribution in [0.4, 0.5) is 0 Å². The van der Waals surface area contributed by atoms with Crippen LogP contribution >= 0.6 is 35.4 Å². The van der Waals surface area contributed by atoms with Gasteiger partial charge in [0, 0.05) is 23.7 Å². The quantitative estimate of drug-likeness (QED) is 0.464. The summed E-state index contributed by atoms with van der Waals surface area (Å²) in [6.07, 6.45) is 1.49. The Hall–Kier alpha value is -1.70. The Labute approximate surface area is 197 Å². The molecule has 0 saturated carbocycles. The molecule has 2 heterocycles. The van der Waals surface area contributed by atoms with Gasteiger partial charge in [-0.25, -0.2) is 4.68 Å². The van der Waals surface area contributed by atoms with Crippen molar-refractivity contribution in [1.29, 1.82) is 0 Å². The molecule has 1 unspecified atom stereocenters. The van der Waals surface area contributed by atoms with E-state index in [9.17, 15) is 5.11 Å². The first kappa shape index (κ1) is 22.5. The SMILES string of the molecule is CC(C)c1ccccc1-n1c(-c2ccc(Cl)cc2Cl)nn(CN2CCCC(O)C2)c1=S. The number of aliphatic hydroxyl groups excluding tert-OH is 1. The van der Waals surface area contributed by atoms with Gasteiger partial charge in [-0.15, -0.1) is 5.10 Å². The summed E-state index contributed by atoms with van der Waals surface area (Å²) in [5, 5.41) is 16.1. The highest BCUT2D eigenvalue weighted by Gasteiger charge is 2.23. The number of aromatic nitrogens is 3. The zero-order chi connectivity index (χ0) is 22.1. The molecule has 8 heteroatoms. The van der Waals surface area contributed by atoms with Crippen LogP contribution < -0.4 is 0 Å². The molecule has 1 saturated heterocycles. The molecule has 4 rings (SSSR count). The summed E-state index contributed by atoms with van der Waals surface area (Å²) in [6, 6.07) is 13.6. The molecule has 3 aromatic rings. The summed E-state index contributed by atoms with van der Waals surface area (Å²) in [5.41, 5.74) is 2.94. The Bertz CT molecular complexity index is 1140. The molecule has 1 N–H and O–H groups in total. The molecule has 0 aliphatic carbocycles. The van der Waals surface area contributed by atoms with Crippen LogP contribution in [0.1, 0.15) is 38.2 Å². The predicted molar refractivity (Wildman–Crippen MR) is 129 cm³/mol. The smallest absolute Gasteiger partial charge is 0.204 e. The number of hydrogen-bond donors (Lipinski definition) is 1. The standard InChI is InChI=1S/C23H26Cl2N4OS/c1-15(2)18-7-3-4-8-21(18)29-22(19-10-9-16(24)12-20(19)25)26-28(23(29)31)14-27-11-5-6-17(30)13-27/h3-4,7-10,12,15,17,30H,5-6,11,13-14H2,1-2H3. The zero-order valence-corrected chi connectivity index (χ0v) is 20.0. The maximum absolute atomic E-state index is 10.1. The minimum atomic E-state index is -0.308. The first-order valence-electron chi connectivity index (χ1n) is 10.5. The van der Waals surface area contributed by atoms with Crippen LogP contribution in [0.15, 0.2) is 42.5 Å². The number of rotatable bonds is 5. The van der Waals surface area contributed by atoms with Crippen molar-refractivity contribution in [2.45, 2.75) is 45.4 Å². The molecule has 1 atom stereocenters. The van der Waals surface area contributed by atoms with E-state index in [1.54, 1.807) is 6.07 Å². The van der Waals surface area contributed by atoms with Crippen molar-refractivity contribution in [1.82, 2.24) is 19.2 Å². The Kier molecular flexibility index (Phi) is 6.84. The van der Waals surface area contributed by atoms with Gasteiger partial charge < -0.3 is 5.11 Å². The second-order valence-electron chi connectivity index (χ2n) is 8.29. The molecule has 1 fully saturated rings. The highest BCUT2D eigenvalue weighted by Crippen LogP contribution is 2.33. The van der Waals surface area contributed by atoms with E-state index in [4.69, 9.17) is 40.5 Å². The number of piperidine rings is 1. The van der Waals surface area contributed by atoms with Crippen LogP contribution in [0.2, 0.25) is 10.0 Å². The summed E-state index contributed by atoms with van der Waals surface area (Å²) in [6.45, 7) is 6.37. The summed E-state index contributed by atoms with van der Waals surface area (Å²) in [4.78, 5) is 2.18. The van der Waals surface area contributed by atoms with E-state index in [-0.39, 0.29) is 6.10 Å². The summed E-state index contributed by atoms with van der Waals surface area (Å²) in [5.74, 6) is 0.990. The number of benzene rings is 2. The van der Waals surface area contributed by atoms with Crippen LogP contribution in [0.3, 0.4) is 0 Å². The van der Waals surface area contributed by atoms with E-state index in [0.717, 1.165) is 30.6 Å². The van der Waals surface area contributed by atoms with Crippen molar-refractivity contribution < 1.29 is 5.11 Å². The van der Waals surface area contributed by atoms with Gasteiger partial charge in [0.2, 0.25) is 4.77 Å². The fourth-order valence-corrected chi connectivity index (χ4v) is 4.87. The van der Waals surface area contributed by atoms with E-state index in [2.05, 4.69) is 30.9 Å². The third-order valence-electron chi connectivity index (χ3n) is 5.63. The first-order chi connectivity index (χ1) is 14.8. The van der Waals surface area contributed by atoms with Crippen molar-refractivity contribution in [2.75, 3.05) is 13.1 Å². The molecular weight excluding hydrogens is 451 g/mol. The zero-order valence-electron chi connectivity index (χ0n) is 17.6. The molecule has 2 aromatic carbocycles. The average molecular weight is 477 g/mol. The van der Waals surface area contributed by atoms with Crippen molar-refractivity contribution >= 4 is 35.4 Å². The average Bonchev–Trinajstić information content (AvgIpc) is 3.03. The second-order valence-corrected chi connectivity index (χ2v) is 9.50. The van der Waals surface area contributed by atoms with Crippen LogP contribution in [-0.2, 0) is 6.67 Å². The fraction of sp³-hybridized carbons (Fsp3) is 0.391. The van der Waals surface area contributed by atoms with Crippen LogP contribution in [0.5, 0.6) is 0 Å². The van der Waals surface area contributed by atoms with E-state index in [1.807, 2.05) is 33.5 Å². The summed E-state index contributed by atoms with van der Waals surface area (Å²) in [7, 11) is 0. The maximum atomic E-state index is 10.1. The number of β-amino-alcohol motifs (C(OH)–C–C–N with tert-alkyl or cyclic N) is 1. The molecule has 0 radical (unpaired) electrons. The monoisotopic (exact) mass is 476 g/mol.